The summed E-state index contributed by atoms with van der Waals surface area (Å²) >= 11 is 0. The number of aliphatic hydroxyl groups excluding tert-OH is 1. The summed E-state index contributed by atoms with van der Waals surface area (Å²) in [5.74, 6) is -0.537. The quantitative estimate of drug-likeness (QED) is 0.666. The fraction of sp³-hybridized carbons (Fsp3) is 0.500. The average Bonchev–Trinajstić information content (AvgIpc) is 2.75. The van der Waals surface area contributed by atoms with Crippen molar-refractivity contribution in [2.24, 2.45) is 0 Å². The summed E-state index contributed by atoms with van der Waals surface area (Å²) in [6, 6.07) is 1.72. The number of aromatic nitrogens is 1. The van der Waals surface area contributed by atoms with Gasteiger partial charge in [0.05, 0.1) is 0 Å². The Balaban J connectivity index is 2.25. The maximum absolute atomic E-state index is 11.1. The van der Waals surface area contributed by atoms with Gasteiger partial charge in [-0.15, -0.1) is 0 Å². The smallest absolute Gasteiger partial charge is 0.339 e. The van der Waals surface area contributed by atoms with Crippen LogP contribution in [0.5, 0.6) is 0 Å². The third kappa shape index (κ3) is 2.55. The number of hydrogen-bond acceptors (Lipinski definition) is 4. The molecule has 1 aliphatic carbocycles. The Morgan fingerprint density at radius 3 is 3.00 bits per heavy atom. The standard InChI is InChI=1S/C12H16N2O3/c15-6-2-5-13-11-9(12(16)17)7-8-3-1-4-10(8)14-11/h7,15H,1-6H2,(H,13,14)(H,16,17). The number of nitrogens with one attached hydrogen (secondary N) is 1. The molecule has 17 heavy (non-hydrogen) atoms. The first-order chi connectivity index (χ1) is 8.22. The molecule has 0 saturated carbocycles. The lowest BCUT2D eigenvalue weighted by molar-refractivity contribution is 0.0697. The van der Waals surface area contributed by atoms with E-state index >= 15 is 0 Å². The van der Waals surface area contributed by atoms with Crippen LogP contribution in [-0.4, -0.2) is 34.3 Å². The largest absolute Gasteiger partial charge is 0.478 e. The molecule has 0 spiro atoms. The van der Waals surface area contributed by atoms with Crippen LogP contribution < -0.4 is 5.32 Å². The van der Waals surface area contributed by atoms with Gasteiger partial charge in [0.15, 0.2) is 0 Å². The molecule has 0 atom stereocenters. The van der Waals surface area contributed by atoms with Crippen LogP contribution >= 0.6 is 0 Å². The van der Waals surface area contributed by atoms with E-state index in [0.717, 1.165) is 30.5 Å². The van der Waals surface area contributed by atoms with Crippen molar-refractivity contribution in [2.75, 3.05) is 18.5 Å². The Labute approximate surface area is 99.5 Å². The lowest BCUT2D eigenvalue weighted by Crippen LogP contribution is -2.12. The first kappa shape index (κ1) is 11.9. The van der Waals surface area contributed by atoms with Crippen molar-refractivity contribution in [1.29, 1.82) is 0 Å². The van der Waals surface area contributed by atoms with Crippen LogP contribution in [0.25, 0.3) is 0 Å². The molecule has 1 aromatic heterocycles. The second-order valence-electron chi connectivity index (χ2n) is 4.15. The van der Waals surface area contributed by atoms with Crippen LogP contribution in [0.4, 0.5) is 5.82 Å². The first-order valence-corrected chi connectivity index (χ1v) is 5.83. The number of nitrogens with zero attached hydrogens (tertiary/aromatic N) is 1. The van der Waals surface area contributed by atoms with Crippen molar-refractivity contribution in [3.05, 3.63) is 22.9 Å². The molecule has 92 valence electrons. The SMILES string of the molecule is O=C(O)c1cc2c(nc1NCCCO)CCC2. The molecule has 0 radical (unpaired) electrons. The molecule has 1 heterocycles. The number of carboxylic acid groups (broad SMARTS) is 1. The van der Waals surface area contributed by atoms with Crippen molar-refractivity contribution >= 4 is 11.8 Å². The average molecular weight is 236 g/mol. The van der Waals surface area contributed by atoms with Crippen molar-refractivity contribution in [3.8, 4) is 0 Å². The number of aryl methyl sites for hydroxylation is 2. The van der Waals surface area contributed by atoms with Crippen LogP contribution in [0, 0.1) is 0 Å². The van der Waals surface area contributed by atoms with E-state index in [9.17, 15) is 4.79 Å². The molecule has 0 bridgehead atoms. The fourth-order valence-electron chi connectivity index (χ4n) is 2.06. The van der Waals surface area contributed by atoms with Gasteiger partial charge < -0.3 is 15.5 Å². The predicted octanol–water partition coefficient (Wildman–Crippen LogP) is 1.06. The highest BCUT2D eigenvalue weighted by molar-refractivity contribution is 5.93. The van der Waals surface area contributed by atoms with Gasteiger partial charge in [-0.1, -0.05) is 0 Å². The molecule has 0 aromatic carbocycles. The van der Waals surface area contributed by atoms with Gasteiger partial charge in [-0.3, -0.25) is 0 Å². The van der Waals surface area contributed by atoms with E-state index in [4.69, 9.17) is 10.2 Å². The molecule has 2 rings (SSSR count). The van der Waals surface area contributed by atoms with E-state index in [1.54, 1.807) is 6.07 Å². The Morgan fingerprint density at radius 1 is 1.47 bits per heavy atom. The molecule has 0 fully saturated rings. The third-order valence-electron chi connectivity index (χ3n) is 2.91. The minimum absolute atomic E-state index is 0.0837. The predicted molar refractivity (Wildman–Crippen MR) is 63.4 cm³/mol. The summed E-state index contributed by atoms with van der Waals surface area (Å²) in [5.41, 5.74) is 2.28. The number of rotatable bonds is 5. The first-order valence-electron chi connectivity index (χ1n) is 5.83. The second-order valence-corrected chi connectivity index (χ2v) is 4.15. The molecule has 0 amide bonds. The molecule has 0 aliphatic heterocycles. The van der Waals surface area contributed by atoms with Crippen LogP contribution in [0.15, 0.2) is 6.07 Å². The molecular weight excluding hydrogens is 220 g/mol. The van der Waals surface area contributed by atoms with E-state index in [2.05, 4.69) is 10.3 Å². The number of aliphatic hydroxyl groups is 1. The molecule has 0 saturated heterocycles. The Hall–Kier alpha value is -1.62. The normalized spacial score (nSPS) is 13.5. The second kappa shape index (κ2) is 5.14. The molecule has 5 heteroatoms. The Morgan fingerprint density at radius 2 is 2.29 bits per heavy atom. The van der Waals surface area contributed by atoms with Gasteiger partial charge in [-0.05, 0) is 37.3 Å². The molecule has 0 unspecified atom stereocenters. The Kier molecular flexibility index (Phi) is 3.58. The molecule has 3 N–H and O–H groups in total. The van der Waals surface area contributed by atoms with Gasteiger partial charge in [-0.2, -0.15) is 0 Å². The summed E-state index contributed by atoms with van der Waals surface area (Å²) in [6.45, 7) is 0.614. The highest BCUT2D eigenvalue weighted by atomic mass is 16.4. The lowest BCUT2D eigenvalue weighted by Gasteiger charge is -2.10. The zero-order valence-electron chi connectivity index (χ0n) is 9.57. The topological polar surface area (TPSA) is 82.5 Å². The van der Waals surface area contributed by atoms with Crippen LogP contribution in [0.2, 0.25) is 0 Å². The fourth-order valence-corrected chi connectivity index (χ4v) is 2.06. The summed E-state index contributed by atoms with van der Waals surface area (Å²) in [6.07, 6.45) is 3.46. The van der Waals surface area contributed by atoms with E-state index < -0.39 is 5.97 Å². The number of carbonyl (C=O) groups is 1. The van der Waals surface area contributed by atoms with Gasteiger partial charge in [0, 0.05) is 18.8 Å². The highest BCUT2D eigenvalue weighted by Crippen LogP contribution is 2.25. The van der Waals surface area contributed by atoms with E-state index in [0.29, 0.717) is 18.8 Å². The minimum Gasteiger partial charge on any atom is -0.478 e. The molecular formula is C12H16N2O3. The maximum Gasteiger partial charge on any atom is 0.339 e. The van der Waals surface area contributed by atoms with Crippen LogP contribution in [0.3, 0.4) is 0 Å². The zero-order chi connectivity index (χ0) is 12.3. The third-order valence-corrected chi connectivity index (χ3v) is 2.91. The molecule has 1 aromatic rings. The molecule has 5 nitrogen and oxygen atoms in total. The summed E-state index contributed by atoms with van der Waals surface area (Å²) in [7, 11) is 0. The lowest BCUT2D eigenvalue weighted by atomic mass is 10.1. The van der Waals surface area contributed by atoms with Gasteiger partial charge in [-0.25, -0.2) is 9.78 Å². The van der Waals surface area contributed by atoms with Gasteiger partial charge >= 0.3 is 5.97 Å². The van der Waals surface area contributed by atoms with Crippen molar-refractivity contribution in [3.63, 3.8) is 0 Å². The summed E-state index contributed by atoms with van der Waals surface area (Å²) < 4.78 is 0. The van der Waals surface area contributed by atoms with E-state index in [-0.39, 0.29) is 12.2 Å². The van der Waals surface area contributed by atoms with Crippen LogP contribution in [0.1, 0.15) is 34.5 Å². The van der Waals surface area contributed by atoms with Crippen molar-refractivity contribution in [2.45, 2.75) is 25.7 Å². The van der Waals surface area contributed by atoms with Crippen molar-refractivity contribution in [1.82, 2.24) is 4.98 Å². The number of pyridine rings is 1. The number of fused-ring (bicyclic) bond motifs is 1. The van der Waals surface area contributed by atoms with Crippen LogP contribution in [-0.2, 0) is 12.8 Å². The number of hydrogen-bond donors (Lipinski definition) is 3. The van der Waals surface area contributed by atoms with Gasteiger partial charge in [0.25, 0.3) is 0 Å². The summed E-state index contributed by atoms with van der Waals surface area (Å²) in [4.78, 5) is 15.5. The Bertz CT molecular complexity index is 432. The molecule has 1 aliphatic rings. The maximum atomic E-state index is 11.1. The van der Waals surface area contributed by atoms with E-state index in [1.165, 1.54) is 0 Å². The summed E-state index contributed by atoms with van der Waals surface area (Å²) in [5, 5.41) is 20.8. The van der Waals surface area contributed by atoms with E-state index in [1.807, 2.05) is 0 Å². The minimum atomic E-state index is -0.960. The zero-order valence-corrected chi connectivity index (χ0v) is 9.57. The monoisotopic (exact) mass is 236 g/mol. The number of aromatic carboxylic acids is 1. The number of anilines is 1. The van der Waals surface area contributed by atoms with Crippen molar-refractivity contribution < 1.29 is 15.0 Å². The van der Waals surface area contributed by atoms with Gasteiger partial charge in [0.2, 0.25) is 0 Å². The highest BCUT2D eigenvalue weighted by Gasteiger charge is 2.19. The van der Waals surface area contributed by atoms with Gasteiger partial charge in [0.1, 0.15) is 11.4 Å². The number of carboxylic acids is 1.